The summed E-state index contributed by atoms with van der Waals surface area (Å²) in [4.78, 5) is 4.64. The van der Waals surface area contributed by atoms with Crippen molar-refractivity contribution in [3.05, 3.63) is 116 Å². The molecule has 2 heteroatoms. The summed E-state index contributed by atoms with van der Waals surface area (Å²) in [5.41, 5.74) is 2.49. The maximum absolute atomic E-state index is 3.76. The Kier molecular flexibility index (Phi) is 4.07. The molecule has 0 aromatic heterocycles. The van der Waals surface area contributed by atoms with Crippen LogP contribution in [0.4, 0.5) is 11.4 Å². The molecule has 0 N–H and O–H groups in total. The molecule has 0 atom stereocenters. The van der Waals surface area contributed by atoms with Gasteiger partial charge < -0.3 is 9.80 Å². The van der Waals surface area contributed by atoms with E-state index in [-0.39, 0.29) is 0 Å². The van der Waals surface area contributed by atoms with E-state index in [0.717, 1.165) is 13.1 Å². The zero-order valence-corrected chi connectivity index (χ0v) is 18.2. The summed E-state index contributed by atoms with van der Waals surface area (Å²) in [7, 11) is 0. The van der Waals surface area contributed by atoms with E-state index in [9.17, 15) is 0 Å². The Labute approximate surface area is 193 Å². The fourth-order valence-electron chi connectivity index (χ4n) is 5.33. The molecule has 0 spiro atoms. The number of nitrogens with zero attached hydrogens (tertiary/aromatic N) is 2. The lowest BCUT2D eigenvalue weighted by Crippen LogP contribution is -2.19. The number of rotatable bonds is 2. The second-order valence-electron chi connectivity index (χ2n) is 8.74. The van der Waals surface area contributed by atoms with Gasteiger partial charge in [-0.2, -0.15) is 0 Å². The quantitative estimate of drug-likeness (QED) is 0.265. The molecule has 0 bridgehead atoms. The second kappa shape index (κ2) is 7.25. The Bertz CT molecular complexity index is 1430. The molecule has 0 amide bonds. The predicted octanol–water partition coefficient (Wildman–Crippen LogP) is 7.62. The van der Waals surface area contributed by atoms with Crippen molar-refractivity contribution < 1.29 is 0 Å². The fraction of sp³-hybridized carbons (Fsp3) is 0.0645. The van der Waals surface area contributed by atoms with Gasteiger partial charge in [-0.25, -0.2) is 0 Å². The van der Waals surface area contributed by atoms with Gasteiger partial charge in [0.05, 0.1) is 11.4 Å². The predicted molar refractivity (Wildman–Crippen MR) is 141 cm³/mol. The molecule has 0 saturated carbocycles. The van der Waals surface area contributed by atoms with Crippen LogP contribution in [0.2, 0.25) is 0 Å². The van der Waals surface area contributed by atoms with Gasteiger partial charge in [0.1, 0.15) is 0 Å². The molecule has 156 valence electrons. The van der Waals surface area contributed by atoms with Crippen molar-refractivity contribution in [1.29, 1.82) is 0 Å². The zero-order valence-electron chi connectivity index (χ0n) is 18.2. The maximum Gasteiger partial charge on any atom is 0.208 e. The molecule has 33 heavy (non-hydrogen) atoms. The molecule has 1 aliphatic heterocycles. The number of fused-ring (bicyclic) bond motifs is 4. The minimum absolute atomic E-state index is 0.898. The smallest absolute Gasteiger partial charge is 0.208 e. The third-order valence-corrected chi connectivity index (χ3v) is 6.81. The van der Waals surface area contributed by atoms with Gasteiger partial charge in [-0.05, 0) is 33.7 Å². The standard InChI is InChI=1S/C31H22N2/c1-5-13-26-22(9-1)19-23-10-2-6-14-27(23)30(26)32-17-18-33(21-32)31-28-15-7-3-11-24(28)20-25-12-4-8-16-29(25)31/h1-16,19-20H,17-18H2. The highest BCUT2D eigenvalue weighted by atomic mass is 15.4. The number of anilines is 2. The fourth-order valence-corrected chi connectivity index (χ4v) is 5.33. The van der Waals surface area contributed by atoms with E-state index in [2.05, 4.69) is 126 Å². The summed E-state index contributed by atoms with van der Waals surface area (Å²) in [6.45, 7) is 5.56. The first-order valence-electron chi connectivity index (χ1n) is 11.5. The molecule has 1 heterocycles. The highest BCUT2D eigenvalue weighted by Crippen LogP contribution is 2.41. The summed E-state index contributed by atoms with van der Waals surface area (Å²) >= 11 is 0. The van der Waals surface area contributed by atoms with E-state index in [1.54, 1.807) is 0 Å². The Morgan fingerprint density at radius 2 is 0.727 bits per heavy atom. The Morgan fingerprint density at radius 1 is 0.424 bits per heavy atom. The first-order valence-corrected chi connectivity index (χ1v) is 11.5. The van der Waals surface area contributed by atoms with E-state index < -0.39 is 0 Å². The van der Waals surface area contributed by atoms with Crippen molar-refractivity contribution in [1.82, 2.24) is 0 Å². The van der Waals surface area contributed by atoms with Crippen molar-refractivity contribution in [3.8, 4) is 0 Å². The molecular formula is C31H22N2. The van der Waals surface area contributed by atoms with Crippen LogP contribution in [0.3, 0.4) is 0 Å². The summed E-state index contributed by atoms with van der Waals surface area (Å²) in [6, 6.07) is 39.3. The second-order valence-corrected chi connectivity index (χ2v) is 8.74. The van der Waals surface area contributed by atoms with Gasteiger partial charge in [-0.15, -0.1) is 0 Å². The molecular weight excluding hydrogens is 400 g/mol. The maximum atomic E-state index is 3.76. The summed E-state index contributed by atoms with van der Waals surface area (Å²) in [5.74, 6) is 0. The van der Waals surface area contributed by atoms with E-state index in [1.165, 1.54) is 54.5 Å². The van der Waals surface area contributed by atoms with Crippen LogP contribution in [-0.2, 0) is 0 Å². The molecule has 6 aromatic carbocycles. The molecule has 7 rings (SSSR count). The average Bonchev–Trinajstić information content (AvgIpc) is 3.35. The minimum atomic E-state index is 0.898. The van der Waals surface area contributed by atoms with Crippen LogP contribution < -0.4 is 9.80 Å². The molecule has 2 radical (unpaired) electrons. The summed E-state index contributed by atoms with van der Waals surface area (Å²) in [5, 5.41) is 10.1. The van der Waals surface area contributed by atoms with E-state index >= 15 is 0 Å². The normalized spacial score (nSPS) is 14.2. The van der Waals surface area contributed by atoms with E-state index in [0.29, 0.717) is 0 Å². The van der Waals surface area contributed by atoms with Crippen molar-refractivity contribution in [2.45, 2.75) is 0 Å². The van der Waals surface area contributed by atoms with Crippen LogP contribution in [0.5, 0.6) is 0 Å². The lowest BCUT2D eigenvalue weighted by molar-refractivity contribution is 1.03. The van der Waals surface area contributed by atoms with Crippen molar-refractivity contribution in [2.75, 3.05) is 22.9 Å². The minimum Gasteiger partial charge on any atom is -0.338 e. The SMILES string of the molecule is [C]1N(c2c3ccccc3cc3ccccc23)CCN1c1c2ccccc2cc2ccccc12. The lowest BCUT2D eigenvalue weighted by atomic mass is 10.00. The van der Waals surface area contributed by atoms with Crippen LogP contribution in [0.15, 0.2) is 109 Å². The topological polar surface area (TPSA) is 6.48 Å². The zero-order chi connectivity index (χ0) is 21.8. The van der Waals surface area contributed by atoms with Crippen LogP contribution >= 0.6 is 0 Å². The van der Waals surface area contributed by atoms with Crippen LogP contribution in [0.25, 0.3) is 43.1 Å². The highest BCUT2D eigenvalue weighted by Gasteiger charge is 2.27. The van der Waals surface area contributed by atoms with Crippen LogP contribution in [0.1, 0.15) is 0 Å². The molecule has 1 saturated heterocycles. The van der Waals surface area contributed by atoms with Gasteiger partial charge >= 0.3 is 0 Å². The highest BCUT2D eigenvalue weighted by molar-refractivity contribution is 6.14. The van der Waals surface area contributed by atoms with Gasteiger partial charge in [0.15, 0.2) is 0 Å². The first kappa shape index (κ1) is 18.5. The molecule has 1 fully saturated rings. The van der Waals surface area contributed by atoms with Gasteiger partial charge in [-0.1, -0.05) is 97.1 Å². The molecule has 1 aliphatic rings. The Morgan fingerprint density at radius 3 is 1.06 bits per heavy atom. The van der Waals surface area contributed by atoms with Crippen molar-refractivity contribution >= 4 is 54.5 Å². The molecule has 0 unspecified atom stereocenters. The third kappa shape index (κ3) is 2.87. The molecule has 0 aliphatic carbocycles. The molecule has 6 aromatic rings. The summed E-state index contributed by atoms with van der Waals surface area (Å²) < 4.78 is 0. The van der Waals surface area contributed by atoms with Crippen molar-refractivity contribution in [2.24, 2.45) is 0 Å². The monoisotopic (exact) mass is 422 g/mol. The Balaban J connectivity index is 1.41. The molecule has 2 nitrogen and oxygen atoms in total. The average molecular weight is 423 g/mol. The van der Waals surface area contributed by atoms with Crippen molar-refractivity contribution in [3.63, 3.8) is 0 Å². The van der Waals surface area contributed by atoms with Crippen LogP contribution in [0, 0.1) is 6.67 Å². The summed E-state index contributed by atoms with van der Waals surface area (Å²) in [6.07, 6.45) is 0. The van der Waals surface area contributed by atoms with Gasteiger partial charge in [0.2, 0.25) is 6.67 Å². The number of hydrogen-bond acceptors (Lipinski definition) is 2. The van der Waals surface area contributed by atoms with E-state index in [4.69, 9.17) is 0 Å². The third-order valence-electron chi connectivity index (χ3n) is 6.81. The van der Waals surface area contributed by atoms with Gasteiger partial charge in [0.25, 0.3) is 0 Å². The lowest BCUT2D eigenvalue weighted by Gasteiger charge is -2.24. The number of hydrogen-bond donors (Lipinski definition) is 0. The van der Waals surface area contributed by atoms with Gasteiger partial charge in [0, 0.05) is 34.6 Å². The Hall–Kier alpha value is -4.04. The number of benzene rings is 6. The largest absolute Gasteiger partial charge is 0.338 e. The van der Waals surface area contributed by atoms with Gasteiger partial charge in [-0.3, -0.25) is 0 Å². The van der Waals surface area contributed by atoms with E-state index in [1.807, 2.05) is 0 Å². The first-order chi connectivity index (χ1) is 16.4. The van der Waals surface area contributed by atoms with Crippen LogP contribution in [-0.4, -0.2) is 13.1 Å².